The summed E-state index contributed by atoms with van der Waals surface area (Å²) in [5.74, 6) is -0.350. The van der Waals surface area contributed by atoms with E-state index in [1.165, 1.54) is 0 Å². The van der Waals surface area contributed by atoms with Crippen LogP contribution in [0.15, 0.2) is 24.3 Å². The topological polar surface area (TPSA) is 43.4 Å². The van der Waals surface area contributed by atoms with Crippen molar-refractivity contribution in [2.45, 2.75) is 19.3 Å². The first-order chi connectivity index (χ1) is 7.74. The molecule has 3 nitrogen and oxygen atoms in total. The van der Waals surface area contributed by atoms with Gasteiger partial charge in [-0.3, -0.25) is 9.59 Å². The van der Waals surface area contributed by atoms with E-state index < -0.39 is 0 Å². The number of carbonyl (C=O) groups is 2. The third-order valence-electron chi connectivity index (χ3n) is 3.30. The van der Waals surface area contributed by atoms with Crippen LogP contribution in [0.25, 0.3) is 0 Å². The van der Waals surface area contributed by atoms with Crippen molar-refractivity contribution in [3.8, 4) is 0 Å². The standard InChI is InChI=1S/C13H16O3/c1-2-6-16-8-9-7-12(14)11-5-3-4-10(9)13(11)15/h2,7,10-11H,1,3-6,8H2. The highest BCUT2D eigenvalue weighted by Gasteiger charge is 2.40. The highest BCUT2D eigenvalue weighted by atomic mass is 16.5. The van der Waals surface area contributed by atoms with Crippen molar-refractivity contribution >= 4 is 11.6 Å². The summed E-state index contributed by atoms with van der Waals surface area (Å²) in [6.45, 7) is 4.39. The van der Waals surface area contributed by atoms with Crippen LogP contribution in [0, 0.1) is 11.8 Å². The fourth-order valence-electron chi connectivity index (χ4n) is 2.49. The lowest BCUT2D eigenvalue weighted by molar-refractivity contribution is -0.135. The van der Waals surface area contributed by atoms with Gasteiger partial charge in [-0.15, -0.1) is 6.58 Å². The third-order valence-corrected chi connectivity index (χ3v) is 3.30. The molecule has 0 saturated heterocycles. The van der Waals surface area contributed by atoms with E-state index in [2.05, 4.69) is 6.58 Å². The number of ketones is 2. The zero-order chi connectivity index (χ0) is 11.5. The SMILES string of the molecule is C=CCOCC1=CC(=O)C2CCCC1C2=O. The summed E-state index contributed by atoms with van der Waals surface area (Å²) in [6.07, 6.45) is 5.85. The Balaban J connectivity index is 2.11. The smallest absolute Gasteiger partial charge is 0.166 e. The molecular weight excluding hydrogens is 204 g/mol. The quantitative estimate of drug-likeness (QED) is 0.411. The first-order valence-corrected chi connectivity index (χ1v) is 5.70. The average Bonchev–Trinajstić information content (AvgIpc) is 2.26. The molecule has 16 heavy (non-hydrogen) atoms. The summed E-state index contributed by atoms with van der Waals surface area (Å²) in [5, 5.41) is 0. The summed E-state index contributed by atoms with van der Waals surface area (Å²) in [6, 6.07) is 0. The minimum atomic E-state index is -0.359. The minimum Gasteiger partial charge on any atom is -0.373 e. The minimum absolute atomic E-state index is 0.0295. The van der Waals surface area contributed by atoms with Crippen LogP contribution in [-0.4, -0.2) is 24.8 Å². The Hall–Kier alpha value is -1.22. The van der Waals surface area contributed by atoms with E-state index in [1.807, 2.05) is 0 Å². The Labute approximate surface area is 95.2 Å². The van der Waals surface area contributed by atoms with Gasteiger partial charge in [0.2, 0.25) is 0 Å². The highest BCUT2D eigenvalue weighted by molar-refractivity contribution is 6.12. The zero-order valence-electron chi connectivity index (χ0n) is 9.28. The van der Waals surface area contributed by atoms with E-state index in [4.69, 9.17) is 4.74 Å². The zero-order valence-corrected chi connectivity index (χ0v) is 9.28. The van der Waals surface area contributed by atoms with Crippen LogP contribution in [0.5, 0.6) is 0 Å². The van der Waals surface area contributed by atoms with Crippen molar-refractivity contribution in [3.63, 3.8) is 0 Å². The monoisotopic (exact) mass is 220 g/mol. The Morgan fingerprint density at radius 2 is 2.12 bits per heavy atom. The number of rotatable bonds is 4. The van der Waals surface area contributed by atoms with Crippen LogP contribution in [0.2, 0.25) is 0 Å². The van der Waals surface area contributed by atoms with E-state index in [1.54, 1.807) is 12.2 Å². The first-order valence-electron chi connectivity index (χ1n) is 5.70. The summed E-state index contributed by atoms with van der Waals surface area (Å²) < 4.78 is 5.32. The molecule has 2 aliphatic rings. The number of ether oxygens (including phenoxy) is 1. The maximum Gasteiger partial charge on any atom is 0.166 e. The first kappa shape index (κ1) is 11.3. The number of fused-ring (bicyclic) bond motifs is 2. The van der Waals surface area contributed by atoms with Gasteiger partial charge in [-0.1, -0.05) is 12.5 Å². The van der Waals surface area contributed by atoms with Crippen LogP contribution in [0.4, 0.5) is 0 Å². The Bertz CT molecular complexity index is 354. The number of carbonyl (C=O) groups excluding carboxylic acids is 2. The second-order valence-electron chi connectivity index (χ2n) is 4.36. The Morgan fingerprint density at radius 3 is 2.88 bits per heavy atom. The molecule has 2 bridgehead atoms. The third kappa shape index (κ3) is 2.00. The van der Waals surface area contributed by atoms with Gasteiger partial charge in [0.1, 0.15) is 0 Å². The van der Waals surface area contributed by atoms with Gasteiger partial charge in [-0.25, -0.2) is 0 Å². The van der Waals surface area contributed by atoms with Gasteiger partial charge in [0.05, 0.1) is 19.1 Å². The molecule has 0 aromatic rings. The summed E-state index contributed by atoms with van der Waals surface area (Å²) in [4.78, 5) is 23.6. The normalized spacial score (nSPS) is 28.9. The lowest BCUT2D eigenvalue weighted by Gasteiger charge is -2.32. The predicted octanol–water partition coefficient (Wildman–Crippen LogP) is 1.68. The summed E-state index contributed by atoms with van der Waals surface area (Å²) in [7, 11) is 0. The van der Waals surface area contributed by atoms with Crippen LogP contribution < -0.4 is 0 Å². The van der Waals surface area contributed by atoms with Gasteiger partial charge in [0, 0.05) is 5.92 Å². The molecule has 2 unspecified atom stereocenters. The Kier molecular flexibility index (Phi) is 3.34. The second kappa shape index (κ2) is 4.74. The van der Waals surface area contributed by atoms with Crippen LogP contribution >= 0.6 is 0 Å². The molecule has 2 atom stereocenters. The van der Waals surface area contributed by atoms with E-state index in [9.17, 15) is 9.59 Å². The maximum atomic E-state index is 11.9. The maximum absolute atomic E-state index is 11.9. The fourth-order valence-corrected chi connectivity index (χ4v) is 2.49. The van der Waals surface area contributed by atoms with Gasteiger partial charge in [0.25, 0.3) is 0 Å². The largest absolute Gasteiger partial charge is 0.373 e. The number of allylic oxidation sites excluding steroid dienone is 1. The number of hydrogen-bond acceptors (Lipinski definition) is 3. The molecule has 0 aromatic heterocycles. The van der Waals surface area contributed by atoms with Gasteiger partial charge in [-0.05, 0) is 24.5 Å². The van der Waals surface area contributed by atoms with Gasteiger partial charge in [-0.2, -0.15) is 0 Å². The molecule has 3 heteroatoms. The summed E-state index contributed by atoms with van der Waals surface area (Å²) in [5.41, 5.74) is 0.854. The van der Waals surface area contributed by atoms with E-state index in [0.717, 1.165) is 24.8 Å². The molecule has 0 heterocycles. The number of Topliss-reactive ketones (excluding diaryl/α,β-unsaturated/α-hetero) is 1. The van der Waals surface area contributed by atoms with Crippen molar-refractivity contribution in [2.24, 2.45) is 11.8 Å². The molecule has 1 saturated carbocycles. The van der Waals surface area contributed by atoms with Gasteiger partial charge in [0.15, 0.2) is 11.6 Å². The molecule has 2 aliphatic carbocycles. The van der Waals surface area contributed by atoms with Crippen LogP contribution in [-0.2, 0) is 14.3 Å². The molecule has 0 N–H and O–H groups in total. The molecule has 86 valence electrons. The van der Waals surface area contributed by atoms with Crippen LogP contribution in [0.3, 0.4) is 0 Å². The molecule has 0 radical (unpaired) electrons. The number of hydrogen-bond donors (Lipinski definition) is 0. The predicted molar refractivity (Wildman–Crippen MR) is 59.9 cm³/mol. The molecule has 0 spiro atoms. The molecule has 0 amide bonds. The lowest BCUT2D eigenvalue weighted by atomic mass is 9.70. The van der Waals surface area contributed by atoms with Crippen molar-refractivity contribution < 1.29 is 14.3 Å². The lowest BCUT2D eigenvalue weighted by Crippen LogP contribution is -2.39. The molecule has 2 rings (SSSR count). The molecule has 0 aliphatic heterocycles. The van der Waals surface area contributed by atoms with E-state index in [-0.39, 0.29) is 23.4 Å². The van der Waals surface area contributed by atoms with E-state index >= 15 is 0 Å². The fraction of sp³-hybridized carbons (Fsp3) is 0.538. The molecular formula is C13H16O3. The van der Waals surface area contributed by atoms with Crippen LogP contribution in [0.1, 0.15) is 19.3 Å². The molecule has 0 aromatic carbocycles. The Morgan fingerprint density at radius 1 is 1.38 bits per heavy atom. The second-order valence-corrected chi connectivity index (χ2v) is 4.36. The van der Waals surface area contributed by atoms with E-state index in [0.29, 0.717) is 13.2 Å². The summed E-state index contributed by atoms with van der Waals surface area (Å²) >= 11 is 0. The van der Waals surface area contributed by atoms with Crippen molar-refractivity contribution in [2.75, 3.05) is 13.2 Å². The van der Waals surface area contributed by atoms with Crippen molar-refractivity contribution in [3.05, 3.63) is 24.3 Å². The van der Waals surface area contributed by atoms with Crippen molar-refractivity contribution in [1.29, 1.82) is 0 Å². The average molecular weight is 220 g/mol. The highest BCUT2D eigenvalue weighted by Crippen LogP contribution is 2.35. The van der Waals surface area contributed by atoms with Gasteiger partial charge >= 0.3 is 0 Å². The van der Waals surface area contributed by atoms with Gasteiger partial charge < -0.3 is 4.74 Å². The van der Waals surface area contributed by atoms with Crippen molar-refractivity contribution in [1.82, 2.24) is 0 Å². The molecule has 1 fully saturated rings.